The molecule has 0 atom stereocenters. The lowest BCUT2D eigenvalue weighted by molar-refractivity contribution is -1.02. The second kappa shape index (κ2) is 8.22. The standard InChI is InChI=1S/C19H28N6O2/c1-15(2)5-6-25-19(20-21-22-25)13-24-9-7-23(8-10-24)12-16-3-4-17-18(11-16)27-14-26-17/h3-4,11,15H,5-10,12-14H2,1-2H3/p+2. The van der Waals surface area contributed by atoms with Gasteiger partial charge in [0.1, 0.15) is 39.3 Å². The number of hydrogen-bond donors (Lipinski definition) is 2. The number of aromatic nitrogens is 4. The molecule has 1 saturated heterocycles. The fourth-order valence-corrected chi connectivity index (χ4v) is 3.78. The predicted octanol–water partition coefficient (Wildman–Crippen LogP) is -1.07. The number of benzene rings is 1. The summed E-state index contributed by atoms with van der Waals surface area (Å²) in [7, 11) is 0. The molecule has 2 aliphatic rings. The molecule has 1 fully saturated rings. The Morgan fingerprint density at radius 2 is 1.78 bits per heavy atom. The van der Waals surface area contributed by atoms with Gasteiger partial charge in [0, 0.05) is 12.1 Å². The number of nitrogens with one attached hydrogen (secondary N) is 2. The fraction of sp³-hybridized carbons (Fsp3) is 0.632. The second-order valence-electron chi connectivity index (χ2n) is 8.04. The van der Waals surface area contributed by atoms with Crippen molar-refractivity contribution in [1.82, 2.24) is 20.2 Å². The molecule has 2 N–H and O–H groups in total. The van der Waals surface area contributed by atoms with Crippen LogP contribution in [0.15, 0.2) is 18.2 Å². The van der Waals surface area contributed by atoms with Crippen LogP contribution in [0, 0.1) is 5.92 Å². The van der Waals surface area contributed by atoms with Crippen molar-refractivity contribution in [2.75, 3.05) is 33.0 Å². The maximum absolute atomic E-state index is 5.49. The molecular weight excluding hydrogens is 344 g/mol. The van der Waals surface area contributed by atoms with Crippen LogP contribution in [0.3, 0.4) is 0 Å². The average molecular weight is 374 g/mol. The Morgan fingerprint density at radius 1 is 1.04 bits per heavy atom. The zero-order valence-corrected chi connectivity index (χ0v) is 16.3. The molecule has 4 rings (SSSR count). The lowest BCUT2D eigenvalue weighted by Gasteiger charge is -2.29. The number of rotatable bonds is 7. The normalized spacial score (nSPS) is 21.7. The molecule has 2 aliphatic heterocycles. The Balaban J connectivity index is 1.26. The number of quaternary nitrogens is 2. The largest absolute Gasteiger partial charge is 0.454 e. The van der Waals surface area contributed by atoms with E-state index in [1.807, 2.05) is 10.7 Å². The van der Waals surface area contributed by atoms with Crippen LogP contribution in [0.1, 0.15) is 31.7 Å². The van der Waals surface area contributed by atoms with E-state index < -0.39 is 0 Å². The number of fused-ring (bicyclic) bond motifs is 1. The monoisotopic (exact) mass is 374 g/mol. The van der Waals surface area contributed by atoms with Crippen LogP contribution < -0.4 is 19.3 Å². The molecule has 8 heteroatoms. The van der Waals surface area contributed by atoms with Gasteiger partial charge in [-0.1, -0.05) is 13.8 Å². The summed E-state index contributed by atoms with van der Waals surface area (Å²) in [5.41, 5.74) is 1.32. The summed E-state index contributed by atoms with van der Waals surface area (Å²) >= 11 is 0. The summed E-state index contributed by atoms with van der Waals surface area (Å²) in [4.78, 5) is 3.20. The van der Waals surface area contributed by atoms with Gasteiger partial charge in [0.05, 0.1) is 0 Å². The molecule has 3 heterocycles. The highest BCUT2D eigenvalue weighted by atomic mass is 16.7. The van der Waals surface area contributed by atoms with Crippen molar-refractivity contribution < 1.29 is 19.3 Å². The van der Waals surface area contributed by atoms with Crippen molar-refractivity contribution in [3.8, 4) is 11.5 Å². The third-order valence-electron chi connectivity index (χ3n) is 5.49. The SMILES string of the molecule is CC(C)CCn1nnnc1C[NH+]1CC[NH+](Cc2ccc3c(c2)OCO3)CC1. The first-order chi connectivity index (χ1) is 13.2. The minimum atomic E-state index is 0.338. The third kappa shape index (κ3) is 4.56. The van der Waals surface area contributed by atoms with E-state index in [0.29, 0.717) is 12.7 Å². The Kier molecular flexibility index (Phi) is 5.54. The minimum absolute atomic E-state index is 0.338. The zero-order valence-electron chi connectivity index (χ0n) is 16.3. The number of aryl methyl sites for hydroxylation is 1. The van der Waals surface area contributed by atoms with Gasteiger partial charge in [-0.3, -0.25) is 0 Å². The van der Waals surface area contributed by atoms with Gasteiger partial charge in [-0.05, 0) is 41.0 Å². The summed E-state index contributed by atoms with van der Waals surface area (Å²) in [5.74, 6) is 3.42. The molecule has 0 radical (unpaired) electrons. The minimum Gasteiger partial charge on any atom is -0.454 e. The highest BCUT2D eigenvalue weighted by Gasteiger charge is 2.25. The van der Waals surface area contributed by atoms with Crippen LogP contribution in [0.5, 0.6) is 11.5 Å². The first-order valence-electron chi connectivity index (χ1n) is 9.98. The van der Waals surface area contributed by atoms with E-state index in [1.165, 1.54) is 5.56 Å². The van der Waals surface area contributed by atoms with Gasteiger partial charge in [0.15, 0.2) is 11.5 Å². The van der Waals surface area contributed by atoms with Crippen LogP contribution in [-0.2, 0) is 19.6 Å². The number of nitrogens with zero attached hydrogens (tertiary/aromatic N) is 4. The van der Waals surface area contributed by atoms with Crippen molar-refractivity contribution in [3.05, 3.63) is 29.6 Å². The van der Waals surface area contributed by atoms with E-state index in [9.17, 15) is 0 Å². The van der Waals surface area contributed by atoms with E-state index in [-0.39, 0.29) is 0 Å². The van der Waals surface area contributed by atoms with Crippen LogP contribution in [0.25, 0.3) is 0 Å². The van der Waals surface area contributed by atoms with E-state index in [1.54, 1.807) is 9.80 Å². The fourth-order valence-electron chi connectivity index (χ4n) is 3.78. The molecular formula is C19H30N6O2+2. The van der Waals surface area contributed by atoms with Gasteiger partial charge < -0.3 is 19.3 Å². The van der Waals surface area contributed by atoms with E-state index in [4.69, 9.17) is 9.47 Å². The van der Waals surface area contributed by atoms with Gasteiger partial charge in [-0.15, -0.1) is 5.10 Å². The number of hydrogen-bond acceptors (Lipinski definition) is 5. The van der Waals surface area contributed by atoms with Crippen LogP contribution >= 0.6 is 0 Å². The van der Waals surface area contributed by atoms with Crippen LogP contribution in [-0.4, -0.2) is 53.2 Å². The van der Waals surface area contributed by atoms with Gasteiger partial charge in [-0.25, -0.2) is 4.68 Å². The lowest BCUT2D eigenvalue weighted by Crippen LogP contribution is -3.27. The molecule has 146 valence electrons. The van der Waals surface area contributed by atoms with Crippen LogP contribution in [0.4, 0.5) is 0 Å². The van der Waals surface area contributed by atoms with Crippen LogP contribution in [0.2, 0.25) is 0 Å². The van der Waals surface area contributed by atoms with Gasteiger partial charge in [0.2, 0.25) is 12.6 Å². The molecule has 27 heavy (non-hydrogen) atoms. The Labute approximate surface area is 160 Å². The Morgan fingerprint density at radius 3 is 2.56 bits per heavy atom. The molecule has 0 spiro atoms. The maximum atomic E-state index is 5.49. The smallest absolute Gasteiger partial charge is 0.231 e. The van der Waals surface area contributed by atoms with Gasteiger partial charge in [-0.2, -0.15) is 0 Å². The maximum Gasteiger partial charge on any atom is 0.231 e. The van der Waals surface area contributed by atoms with E-state index in [0.717, 1.165) is 69.6 Å². The quantitative estimate of drug-likeness (QED) is 0.646. The van der Waals surface area contributed by atoms with Gasteiger partial charge >= 0.3 is 0 Å². The summed E-state index contributed by atoms with van der Waals surface area (Å²) in [5, 5.41) is 12.3. The van der Waals surface area contributed by atoms with E-state index in [2.05, 4.69) is 41.5 Å². The number of ether oxygens (including phenoxy) is 2. The topological polar surface area (TPSA) is 70.9 Å². The second-order valence-corrected chi connectivity index (χ2v) is 8.04. The van der Waals surface area contributed by atoms with Crippen molar-refractivity contribution in [2.24, 2.45) is 5.92 Å². The first kappa shape index (κ1) is 18.2. The van der Waals surface area contributed by atoms with Crippen molar-refractivity contribution in [1.29, 1.82) is 0 Å². The number of tetrazole rings is 1. The summed E-state index contributed by atoms with van der Waals surface area (Å²) in [6.07, 6.45) is 1.11. The highest BCUT2D eigenvalue weighted by molar-refractivity contribution is 5.44. The Hall–Kier alpha value is -2.19. The molecule has 0 saturated carbocycles. The van der Waals surface area contributed by atoms with Crippen molar-refractivity contribution >= 4 is 0 Å². The lowest BCUT2D eigenvalue weighted by atomic mass is 10.1. The third-order valence-corrected chi connectivity index (χ3v) is 5.49. The molecule has 0 aliphatic carbocycles. The average Bonchev–Trinajstić information content (AvgIpc) is 3.30. The Bertz CT molecular complexity index is 754. The molecule has 8 nitrogen and oxygen atoms in total. The molecule has 0 bridgehead atoms. The molecule has 1 aromatic carbocycles. The zero-order chi connectivity index (χ0) is 18.6. The van der Waals surface area contributed by atoms with E-state index >= 15 is 0 Å². The number of piperazine rings is 1. The predicted molar refractivity (Wildman–Crippen MR) is 98.6 cm³/mol. The summed E-state index contributed by atoms with van der Waals surface area (Å²) in [6.45, 7) is 12.3. The first-order valence-corrected chi connectivity index (χ1v) is 9.98. The van der Waals surface area contributed by atoms with Crippen molar-refractivity contribution in [2.45, 2.75) is 39.9 Å². The summed E-state index contributed by atoms with van der Waals surface area (Å²) in [6, 6.07) is 6.30. The van der Waals surface area contributed by atoms with Gasteiger partial charge in [0.25, 0.3) is 0 Å². The highest BCUT2D eigenvalue weighted by Crippen LogP contribution is 2.32. The summed E-state index contributed by atoms with van der Waals surface area (Å²) < 4.78 is 12.9. The molecule has 0 unspecified atom stereocenters. The molecule has 0 amide bonds. The molecule has 2 aromatic rings. The molecule has 1 aromatic heterocycles. The van der Waals surface area contributed by atoms with Crippen molar-refractivity contribution in [3.63, 3.8) is 0 Å².